The minimum Gasteiger partial charge on any atom is -0.456 e. The van der Waals surface area contributed by atoms with Crippen molar-refractivity contribution in [3.05, 3.63) is 82.5 Å². The van der Waals surface area contributed by atoms with Crippen molar-refractivity contribution in [1.29, 1.82) is 0 Å². The Kier molecular flexibility index (Phi) is 3.21. The van der Waals surface area contributed by atoms with E-state index in [-0.39, 0.29) is 5.43 Å². The van der Waals surface area contributed by atoms with Crippen LogP contribution in [0.1, 0.15) is 5.56 Å². The maximum absolute atomic E-state index is 12.1. The molecule has 0 atom stereocenters. The van der Waals surface area contributed by atoms with Crippen molar-refractivity contribution in [2.45, 2.75) is 6.92 Å². The quantitative estimate of drug-likeness (QED) is 0.690. The summed E-state index contributed by atoms with van der Waals surface area (Å²) >= 11 is 0. The van der Waals surface area contributed by atoms with Crippen LogP contribution in [0.15, 0.2) is 75.9 Å². The summed E-state index contributed by atoms with van der Waals surface area (Å²) in [5.41, 5.74) is 2.45. The van der Waals surface area contributed by atoms with Gasteiger partial charge in [0.05, 0.1) is 0 Å². The van der Waals surface area contributed by atoms with Gasteiger partial charge in [0.15, 0.2) is 5.43 Å². The monoisotopic (exact) mass is 262 g/mol. The van der Waals surface area contributed by atoms with Crippen LogP contribution in [0.5, 0.6) is 0 Å². The van der Waals surface area contributed by atoms with Crippen LogP contribution in [0.4, 0.5) is 0 Å². The molecule has 3 rings (SSSR count). The molecule has 0 N–H and O–H groups in total. The molecule has 0 aliphatic rings. The summed E-state index contributed by atoms with van der Waals surface area (Å²) < 4.78 is 5.96. The highest BCUT2D eigenvalue weighted by atomic mass is 16.3. The Morgan fingerprint density at radius 3 is 1.95 bits per heavy atom. The zero-order valence-corrected chi connectivity index (χ0v) is 11.2. The van der Waals surface area contributed by atoms with Gasteiger partial charge in [0.1, 0.15) is 11.5 Å². The van der Waals surface area contributed by atoms with E-state index >= 15 is 0 Å². The fourth-order valence-corrected chi connectivity index (χ4v) is 2.16. The predicted molar refractivity (Wildman–Crippen MR) is 80.6 cm³/mol. The zero-order valence-electron chi connectivity index (χ0n) is 11.2. The van der Waals surface area contributed by atoms with Gasteiger partial charge in [0.25, 0.3) is 0 Å². The topological polar surface area (TPSA) is 30.2 Å². The van der Waals surface area contributed by atoms with Gasteiger partial charge in [-0.1, -0.05) is 60.7 Å². The molecule has 3 aromatic rings. The summed E-state index contributed by atoms with van der Waals surface area (Å²) in [5, 5.41) is 0. The van der Waals surface area contributed by atoms with E-state index in [1.165, 1.54) is 0 Å². The van der Waals surface area contributed by atoms with Gasteiger partial charge in [0.2, 0.25) is 0 Å². The lowest BCUT2D eigenvalue weighted by molar-refractivity contribution is 0.575. The lowest BCUT2D eigenvalue weighted by atomic mass is 10.1. The molecule has 98 valence electrons. The summed E-state index contributed by atoms with van der Waals surface area (Å²) in [4.78, 5) is 12.1. The Morgan fingerprint density at radius 2 is 1.35 bits per heavy atom. The smallest absolute Gasteiger partial charge is 0.189 e. The molecule has 1 heterocycles. The molecular formula is C18H14O2. The second kappa shape index (κ2) is 5.17. The molecule has 20 heavy (non-hydrogen) atoms. The number of hydrogen-bond donors (Lipinski definition) is 0. The molecule has 0 fully saturated rings. The van der Waals surface area contributed by atoms with Gasteiger partial charge in [-0.3, -0.25) is 4.79 Å². The van der Waals surface area contributed by atoms with Crippen LogP contribution in [0.25, 0.3) is 22.6 Å². The summed E-state index contributed by atoms with van der Waals surface area (Å²) in [6.45, 7) is 1.79. The van der Waals surface area contributed by atoms with E-state index < -0.39 is 0 Å². The highest BCUT2D eigenvalue weighted by Gasteiger charge is 2.11. The highest BCUT2D eigenvalue weighted by molar-refractivity contribution is 5.65. The Labute approximate surface area is 117 Å². The molecule has 0 bridgehead atoms. The average molecular weight is 262 g/mol. The third kappa shape index (κ3) is 2.28. The van der Waals surface area contributed by atoms with Crippen LogP contribution < -0.4 is 5.43 Å². The van der Waals surface area contributed by atoms with E-state index in [4.69, 9.17) is 4.42 Å². The van der Waals surface area contributed by atoms with E-state index in [2.05, 4.69) is 0 Å². The van der Waals surface area contributed by atoms with Crippen molar-refractivity contribution in [2.75, 3.05) is 0 Å². The standard InChI is InChI=1S/C18H14O2/c1-13-16(19)12-17(14-8-4-2-5-9-14)20-18(13)15-10-6-3-7-11-15/h2-12H,1H3. The van der Waals surface area contributed by atoms with Gasteiger partial charge in [0, 0.05) is 22.8 Å². The van der Waals surface area contributed by atoms with Gasteiger partial charge in [-0.25, -0.2) is 0 Å². The average Bonchev–Trinajstić information content (AvgIpc) is 2.51. The summed E-state index contributed by atoms with van der Waals surface area (Å²) in [6.07, 6.45) is 0. The summed E-state index contributed by atoms with van der Waals surface area (Å²) in [5.74, 6) is 1.23. The molecule has 0 aliphatic carbocycles. The van der Waals surface area contributed by atoms with Crippen LogP contribution in [-0.2, 0) is 0 Å². The van der Waals surface area contributed by atoms with Crippen molar-refractivity contribution in [2.24, 2.45) is 0 Å². The van der Waals surface area contributed by atoms with Crippen molar-refractivity contribution in [3.8, 4) is 22.6 Å². The van der Waals surface area contributed by atoms with Crippen molar-refractivity contribution >= 4 is 0 Å². The van der Waals surface area contributed by atoms with Gasteiger partial charge < -0.3 is 4.42 Å². The lowest BCUT2D eigenvalue weighted by Gasteiger charge is -2.08. The summed E-state index contributed by atoms with van der Waals surface area (Å²) in [6, 6.07) is 20.9. The molecule has 2 aromatic carbocycles. The third-order valence-corrected chi connectivity index (χ3v) is 3.28. The molecule has 2 nitrogen and oxygen atoms in total. The Hall–Kier alpha value is -2.61. The maximum atomic E-state index is 12.1. The van der Waals surface area contributed by atoms with Crippen LogP contribution in [0.2, 0.25) is 0 Å². The molecule has 0 amide bonds. The predicted octanol–water partition coefficient (Wildman–Crippen LogP) is 4.28. The Bertz CT molecular complexity index is 772. The first kappa shape index (κ1) is 12.4. The van der Waals surface area contributed by atoms with Crippen LogP contribution in [0.3, 0.4) is 0 Å². The van der Waals surface area contributed by atoms with E-state index in [0.717, 1.165) is 11.1 Å². The fraction of sp³-hybridized carbons (Fsp3) is 0.0556. The largest absolute Gasteiger partial charge is 0.456 e. The van der Waals surface area contributed by atoms with Crippen molar-refractivity contribution < 1.29 is 4.42 Å². The van der Waals surface area contributed by atoms with Crippen molar-refractivity contribution in [1.82, 2.24) is 0 Å². The van der Waals surface area contributed by atoms with Crippen LogP contribution in [0, 0.1) is 6.92 Å². The molecule has 0 unspecified atom stereocenters. The van der Waals surface area contributed by atoms with E-state index in [1.807, 2.05) is 60.7 Å². The molecule has 1 aromatic heterocycles. The van der Waals surface area contributed by atoms with Crippen molar-refractivity contribution in [3.63, 3.8) is 0 Å². The van der Waals surface area contributed by atoms with Gasteiger partial charge in [-0.15, -0.1) is 0 Å². The Morgan fingerprint density at radius 1 is 0.800 bits per heavy atom. The first-order chi connectivity index (χ1) is 9.75. The van der Waals surface area contributed by atoms with Crippen LogP contribution in [-0.4, -0.2) is 0 Å². The van der Waals surface area contributed by atoms with Crippen LogP contribution >= 0.6 is 0 Å². The SMILES string of the molecule is Cc1c(-c2ccccc2)oc(-c2ccccc2)cc1=O. The molecule has 0 aliphatic heterocycles. The lowest BCUT2D eigenvalue weighted by Crippen LogP contribution is -2.05. The molecule has 0 spiro atoms. The van der Waals surface area contributed by atoms with Gasteiger partial charge in [-0.05, 0) is 6.92 Å². The number of rotatable bonds is 2. The zero-order chi connectivity index (χ0) is 13.9. The molecular weight excluding hydrogens is 248 g/mol. The normalized spacial score (nSPS) is 10.4. The van der Waals surface area contributed by atoms with E-state index in [0.29, 0.717) is 17.1 Å². The first-order valence-electron chi connectivity index (χ1n) is 6.51. The Balaban J connectivity index is 2.22. The van der Waals surface area contributed by atoms with E-state index in [9.17, 15) is 4.79 Å². The highest BCUT2D eigenvalue weighted by Crippen LogP contribution is 2.26. The molecule has 0 radical (unpaired) electrons. The van der Waals surface area contributed by atoms with Gasteiger partial charge in [-0.2, -0.15) is 0 Å². The summed E-state index contributed by atoms with van der Waals surface area (Å²) in [7, 11) is 0. The van der Waals surface area contributed by atoms with E-state index in [1.54, 1.807) is 13.0 Å². The number of hydrogen-bond acceptors (Lipinski definition) is 2. The minimum absolute atomic E-state index is 0.00560. The molecule has 2 heteroatoms. The first-order valence-corrected chi connectivity index (χ1v) is 6.51. The second-order valence-electron chi connectivity index (χ2n) is 4.66. The third-order valence-electron chi connectivity index (χ3n) is 3.28. The fourth-order valence-electron chi connectivity index (χ4n) is 2.16. The second-order valence-corrected chi connectivity index (χ2v) is 4.66. The molecule has 0 saturated heterocycles. The molecule has 0 saturated carbocycles. The maximum Gasteiger partial charge on any atom is 0.189 e. The van der Waals surface area contributed by atoms with Gasteiger partial charge >= 0.3 is 0 Å². The minimum atomic E-state index is -0.00560. The number of benzene rings is 2.